The maximum Gasteiger partial charge on any atom is 0.404 e. The van der Waals surface area contributed by atoms with Crippen LogP contribution in [-0.2, 0) is 9.53 Å². The number of halogens is 4. The number of alkyl halides is 2. The number of carbonyl (C=O) groups excluding carboxylic acids is 2. The van der Waals surface area contributed by atoms with Crippen molar-refractivity contribution in [2.75, 3.05) is 6.61 Å². The molecule has 0 N–H and O–H groups in total. The van der Waals surface area contributed by atoms with E-state index >= 15 is 0 Å². The van der Waals surface area contributed by atoms with E-state index in [0.717, 1.165) is 12.1 Å². The number of ether oxygens (including phenoxy) is 1. The molecule has 0 saturated heterocycles. The largest absolute Gasteiger partial charge is 0.461 e. The maximum atomic E-state index is 13.4. The van der Waals surface area contributed by atoms with Crippen LogP contribution in [0.15, 0.2) is 22.7 Å². The summed E-state index contributed by atoms with van der Waals surface area (Å²) in [5.74, 6) is -9.46. The average Bonchev–Trinajstić information content (AvgIpc) is 2.31. The molecular formula is C11H8BrF3O3. The van der Waals surface area contributed by atoms with E-state index in [4.69, 9.17) is 0 Å². The van der Waals surface area contributed by atoms with Crippen molar-refractivity contribution in [1.29, 1.82) is 0 Å². The molecule has 1 aromatic rings. The second-order valence-electron chi connectivity index (χ2n) is 3.25. The molecule has 0 aliphatic heterocycles. The average molecular weight is 325 g/mol. The summed E-state index contributed by atoms with van der Waals surface area (Å²) in [4.78, 5) is 22.4. The zero-order chi connectivity index (χ0) is 13.9. The van der Waals surface area contributed by atoms with E-state index in [1.54, 1.807) is 0 Å². The van der Waals surface area contributed by atoms with Crippen molar-refractivity contribution in [3.8, 4) is 0 Å². The first-order valence-corrected chi connectivity index (χ1v) is 5.65. The highest BCUT2D eigenvalue weighted by molar-refractivity contribution is 9.10. The van der Waals surface area contributed by atoms with Crippen molar-refractivity contribution in [1.82, 2.24) is 0 Å². The summed E-state index contributed by atoms with van der Waals surface area (Å²) in [6, 6.07) is 2.97. The number of hydrogen-bond acceptors (Lipinski definition) is 3. The first-order valence-electron chi connectivity index (χ1n) is 4.85. The molecular weight excluding hydrogens is 317 g/mol. The van der Waals surface area contributed by atoms with Crippen LogP contribution in [0.2, 0.25) is 0 Å². The number of carbonyl (C=O) groups is 2. The zero-order valence-electron chi connectivity index (χ0n) is 9.18. The van der Waals surface area contributed by atoms with Gasteiger partial charge in [-0.05, 0) is 25.1 Å². The van der Waals surface area contributed by atoms with Crippen LogP contribution >= 0.6 is 15.9 Å². The summed E-state index contributed by atoms with van der Waals surface area (Å²) in [7, 11) is 0. The van der Waals surface area contributed by atoms with Crippen LogP contribution in [-0.4, -0.2) is 24.3 Å². The molecule has 98 valence electrons. The highest BCUT2D eigenvalue weighted by Gasteiger charge is 2.50. The van der Waals surface area contributed by atoms with Crippen LogP contribution in [0.5, 0.6) is 0 Å². The standard InChI is InChI=1S/C11H8BrF3O3/c1-2-18-10(17)11(14,15)9(16)7-5-6(12)3-4-8(7)13/h3-5H,2H2,1H3. The SMILES string of the molecule is CCOC(=O)C(F)(F)C(=O)c1cc(Br)ccc1F. The van der Waals surface area contributed by atoms with Crippen LogP contribution < -0.4 is 0 Å². The van der Waals surface area contributed by atoms with E-state index in [1.165, 1.54) is 13.0 Å². The Morgan fingerprint density at radius 1 is 1.39 bits per heavy atom. The molecule has 0 spiro atoms. The van der Waals surface area contributed by atoms with Gasteiger partial charge in [-0.3, -0.25) is 4.79 Å². The van der Waals surface area contributed by atoms with Gasteiger partial charge in [0.15, 0.2) is 0 Å². The molecule has 0 heterocycles. The highest BCUT2D eigenvalue weighted by Crippen LogP contribution is 2.25. The molecule has 1 rings (SSSR count). The lowest BCUT2D eigenvalue weighted by atomic mass is 10.1. The molecule has 0 bridgehead atoms. The predicted octanol–water partition coefficient (Wildman–Crippen LogP) is 2.97. The lowest BCUT2D eigenvalue weighted by Gasteiger charge is -2.13. The fraction of sp³-hybridized carbons (Fsp3) is 0.273. The molecule has 0 aromatic heterocycles. The van der Waals surface area contributed by atoms with E-state index in [0.29, 0.717) is 0 Å². The quantitative estimate of drug-likeness (QED) is 0.486. The van der Waals surface area contributed by atoms with Crippen LogP contribution in [0.25, 0.3) is 0 Å². The lowest BCUT2D eigenvalue weighted by Crippen LogP contribution is -2.39. The van der Waals surface area contributed by atoms with Gasteiger partial charge in [0.1, 0.15) is 5.82 Å². The molecule has 7 heteroatoms. The minimum absolute atomic E-state index is 0.243. The van der Waals surface area contributed by atoms with Gasteiger partial charge in [0.2, 0.25) is 5.78 Å². The number of benzene rings is 1. The minimum Gasteiger partial charge on any atom is -0.461 e. The van der Waals surface area contributed by atoms with E-state index in [1.807, 2.05) is 0 Å². The summed E-state index contributed by atoms with van der Waals surface area (Å²) < 4.78 is 44.4. The predicted molar refractivity (Wildman–Crippen MR) is 60.0 cm³/mol. The van der Waals surface area contributed by atoms with Gasteiger partial charge in [0, 0.05) is 4.47 Å². The summed E-state index contributed by atoms with van der Waals surface area (Å²) in [6.07, 6.45) is 0. The Kier molecular flexibility index (Phi) is 4.50. The van der Waals surface area contributed by atoms with Gasteiger partial charge in [-0.2, -0.15) is 8.78 Å². The Morgan fingerprint density at radius 2 is 2.00 bits per heavy atom. The first kappa shape index (κ1) is 14.7. The smallest absolute Gasteiger partial charge is 0.404 e. The third kappa shape index (κ3) is 2.90. The molecule has 0 amide bonds. The molecule has 3 nitrogen and oxygen atoms in total. The zero-order valence-corrected chi connectivity index (χ0v) is 10.8. The molecule has 0 aliphatic rings. The van der Waals surface area contributed by atoms with Gasteiger partial charge in [0.05, 0.1) is 12.2 Å². The second kappa shape index (κ2) is 5.51. The Bertz CT molecular complexity index is 488. The van der Waals surface area contributed by atoms with E-state index in [-0.39, 0.29) is 11.1 Å². The molecule has 0 atom stereocenters. The van der Waals surface area contributed by atoms with E-state index in [9.17, 15) is 22.8 Å². The molecule has 0 unspecified atom stereocenters. The van der Waals surface area contributed by atoms with Crippen molar-refractivity contribution in [3.05, 3.63) is 34.1 Å². The van der Waals surface area contributed by atoms with E-state index in [2.05, 4.69) is 20.7 Å². The number of Topliss-reactive ketones (excluding diaryl/α,β-unsaturated/α-hetero) is 1. The van der Waals surface area contributed by atoms with Crippen LogP contribution in [0, 0.1) is 5.82 Å². The van der Waals surface area contributed by atoms with Gasteiger partial charge in [-0.15, -0.1) is 0 Å². The van der Waals surface area contributed by atoms with Crippen molar-refractivity contribution in [2.24, 2.45) is 0 Å². The van der Waals surface area contributed by atoms with Gasteiger partial charge in [0.25, 0.3) is 0 Å². The number of rotatable bonds is 4. The number of esters is 1. The van der Waals surface area contributed by atoms with Gasteiger partial charge in [-0.1, -0.05) is 15.9 Å². The Balaban J connectivity index is 3.13. The van der Waals surface area contributed by atoms with Crippen LogP contribution in [0.1, 0.15) is 17.3 Å². The van der Waals surface area contributed by atoms with E-state index < -0.39 is 29.1 Å². The molecule has 1 aromatic carbocycles. The normalized spacial score (nSPS) is 11.2. The minimum atomic E-state index is -4.41. The Morgan fingerprint density at radius 3 is 2.56 bits per heavy atom. The first-order chi connectivity index (χ1) is 8.30. The summed E-state index contributed by atoms with van der Waals surface area (Å²) in [5, 5.41) is 0. The molecule has 0 aliphatic carbocycles. The van der Waals surface area contributed by atoms with Crippen molar-refractivity contribution in [3.63, 3.8) is 0 Å². The highest BCUT2D eigenvalue weighted by atomic mass is 79.9. The molecule has 18 heavy (non-hydrogen) atoms. The summed E-state index contributed by atoms with van der Waals surface area (Å²) in [5.41, 5.74) is -0.873. The third-order valence-electron chi connectivity index (χ3n) is 1.99. The summed E-state index contributed by atoms with van der Waals surface area (Å²) >= 11 is 2.92. The third-order valence-corrected chi connectivity index (χ3v) is 2.48. The second-order valence-corrected chi connectivity index (χ2v) is 4.16. The maximum absolute atomic E-state index is 13.4. The Labute approximate surface area is 109 Å². The van der Waals surface area contributed by atoms with Crippen molar-refractivity contribution in [2.45, 2.75) is 12.8 Å². The van der Waals surface area contributed by atoms with Gasteiger partial charge in [-0.25, -0.2) is 9.18 Å². The number of ketones is 1. The lowest BCUT2D eigenvalue weighted by molar-refractivity contribution is -0.164. The van der Waals surface area contributed by atoms with Gasteiger partial charge < -0.3 is 4.74 Å². The van der Waals surface area contributed by atoms with Crippen molar-refractivity contribution < 1.29 is 27.5 Å². The molecule has 0 fully saturated rings. The van der Waals surface area contributed by atoms with Crippen molar-refractivity contribution >= 4 is 27.7 Å². The molecule has 0 radical (unpaired) electrons. The van der Waals surface area contributed by atoms with Crippen LogP contribution in [0.4, 0.5) is 13.2 Å². The summed E-state index contributed by atoms with van der Waals surface area (Å²) in [6.45, 7) is 1.01. The Hall–Kier alpha value is -1.37. The molecule has 0 saturated carbocycles. The van der Waals surface area contributed by atoms with Gasteiger partial charge >= 0.3 is 11.9 Å². The number of hydrogen-bond donors (Lipinski definition) is 0. The fourth-order valence-corrected chi connectivity index (χ4v) is 1.52. The monoisotopic (exact) mass is 324 g/mol. The fourth-order valence-electron chi connectivity index (χ4n) is 1.16. The topological polar surface area (TPSA) is 43.4 Å². The van der Waals surface area contributed by atoms with Crippen LogP contribution in [0.3, 0.4) is 0 Å².